The van der Waals surface area contributed by atoms with Crippen molar-refractivity contribution < 1.29 is 17.9 Å². The van der Waals surface area contributed by atoms with E-state index < -0.39 is 17.5 Å². The van der Waals surface area contributed by atoms with E-state index in [1.165, 1.54) is 45.4 Å². The third-order valence-electron chi connectivity index (χ3n) is 6.69. The van der Waals surface area contributed by atoms with Gasteiger partial charge in [0.05, 0.1) is 6.61 Å². The maximum atomic E-state index is 15.0. The molecule has 156 valence electrons. The van der Waals surface area contributed by atoms with Crippen molar-refractivity contribution in [2.24, 2.45) is 11.8 Å². The van der Waals surface area contributed by atoms with Crippen LogP contribution in [-0.2, 0) is 0 Å². The molecule has 0 spiro atoms. The molecule has 1 saturated carbocycles. The molecule has 2 aromatic carbocycles. The van der Waals surface area contributed by atoms with Gasteiger partial charge in [-0.3, -0.25) is 0 Å². The summed E-state index contributed by atoms with van der Waals surface area (Å²) in [6.45, 7) is 4.23. The Balaban J connectivity index is 1.38. The minimum atomic E-state index is -0.968. The lowest BCUT2D eigenvalue weighted by Crippen LogP contribution is -2.20. The summed E-state index contributed by atoms with van der Waals surface area (Å²) in [5.74, 6) is -1.05. The highest BCUT2D eigenvalue weighted by molar-refractivity contribution is 6.03. The van der Waals surface area contributed by atoms with E-state index in [0.717, 1.165) is 18.8 Å². The van der Waals surface area contributed by atoms with E-state index in [1.807, 2.05) is 0 Å². The number of hydrogen-bond acceptors (Lipinski definition) is 1. The molecule has 0 saturated heterocycles. The number of aryl methyl sites for hydroxylation is 1. The van der Waals surface area contributed by atoms with Crippen LogP contribution in [0.1, 0.15) is 63.9 Å². The second-order valence-electron chi connectivity index (χ2n) is 8.74. The van der Waals surface area contributed by atoms with Crippen LogP contribution in [0.4, 0.5) is 13.2 Å². The summed E-state index contributed by atoms with van der Waals surface area (Å²) in [4.78, 5) is 0. The van der Waals surface area contributed by atoms with Crippen molar-refractivity contribution in [1.29, 1.82) is 0 Å². The molecule has 0 N–H and O–H groups in total. The molecule has 1 nitrogen and oxygen atoms in total. The summed E-state index contributed by atoms with van der Waals surface area (Å²) in [5.41, 5.74) is 1.62. The smallest absolute Gasteiger partial charge is 0.173 e. The minimum absolute atomic E-state index is 0.0404. The van der Waals surface area contributed by atoms with Crippen molar-refractivity contribution in [3.63, 3.8) is 0 Å². The van der Waals surface area contributed by atoms with E-state index in [4.69, 9.17) is 4.74 Å². The summed E-state index contributed by atoms with van der Waals surface area (Å²) < 4.78 is 49.0. The Morgan fingerprint density at radius 2 is 1.55 bits per heavy atom. The Labute approximate surface area is 171 Å². The fourth-order valence-corrected chi connectivity index (χ4v) is 4.86. The standard InChI is InChI=1S/C25H29F3O/c1-3-4-5-6-16-7-9-17(10-8-16)14-29-20-12-11-18-19-13-15(2)23(26)25(28)22(19)21(18)24(20)27/h11-13,16-17H,3-10,14H2,1-2H3. The summed E-state index contributed by atoms with van der Waals surface area (Å²) in [7, 11) is 0. The molecule has 1 fully saturated rings. The highest BCUT2D eigenvalue weighted by atomic mass is 19.2. The molecular formula is C25H29F3O. The van der Waals surface area contributed by atoms with Crippen LogP contribution in [0.2, 0.25) is 0 Å². The normalized spacial score (nSPS) is 20.0. The molecule has 0 unspecified atom stereocenters. The van der Waals surface area contributed by atoms with Gasteiger partial charge >= 0.3 is 0 Å². The summed E-state index contributed by atoms with van der Waals surface area (Å²) in [6, 6.07) is 4.94. The molecular weight excluding hydrogens is 373 g/mol. The van der Waals surface area contributed by atoms with Gasteiger partial charge in [-0.25, -0.2) is 13.2 Å². The largest absolute Gasteiger partial charge is 0.490 e. The number of fused-ring (bicyclic) bond motifs is 4. The molecule has 0 amide bonds. The van der Waals surface area contributed by atoms with E-state index >= 15 is 0 Å². The first-order chi connectivity index (χ1) is 14.0. The highest BCUT2D eigenvalue weighted by Gasteiger charge is 2.33. The van der Waals surface area contributed by atoms with Gasteiger partial charge in [0.2, 0.25) is 0 Å². The summed E-state index contributed by atoms with van der Waals surface area (Å²) in [6.07, 6.45) is 9.90. The third-order valence-corrected chi connectivity index (χ3v) is 6.69. The van der Waals surface area contributed by atoms with Crippen LogP contribution in [-0.4, -0.2) is 6.61 Å². The summed E-state index contributed by atoms with van der Waals surface area (Å²) >= 11 is 0. The van der Waals surface area contributed by atoms with Crippen molar-refractivity contribution in [3.8, 4) is 28.0 Å². The lowest BCUT2D eigenvalue weighted by Gasteiger charge is -2.29. The zero-order valence-electron chi connectivity index (χ0n) is 17.3. The lowest BCUT2D eigenvalue weighted by molar-refractivity contribution is 0.173. The van der Waals surface area contributed by atoms with Crippen LogP contribution >= 0.6 is 0 Å². The molecule has 0 atom stereocenters. The molecule has 2 aromatic rings. The van der Waals surface area contributed by atoms with Gasteiger partial charge in [0, 0.05) is 11.1 Å². The first-order valence-electron chi connectivity index (χ1n) is 11.0. The number of hydrogen-bond donors (Lipinski definition) is 0. The predicted octanol–water partition coefficient (Wildman–Crippen LogP) is 7.83. The quantitative estimate of drug-likeness (QED) is 0.366. The maximum Gasteiger partial charge on any atom is 0.173 e. The Kier molecular flexibility index (Phi) is 5.89. The molecule has 2 aliphatic carbocycles. The lowest BCUT2D eigenvalue weighted by atomic mass is 9.78. The van der Waals surface area contributed by atoms with Gasteiger partial charge in [-0.15, -0.1) is 0 Å². The SMILES string of the molecule is CCCCCC1CCC(COc2ccc3c(c2F)-c2c-3cc(C)c(F)c2F)CC1. The Hall–Kier alpha value is -1.97. The van der Waals surface area contributed by atoms with Crippen molar-refractivity contribution >= 4 is 0 Å². The molecule has 0 heterocycles. The predicted molar refractivity (Wildman–Crippen MR) is 111 cm³/mol. The number of ether oxygens (including phenoxy) is 1. The number of benzene rings is 2. The van der Waals surface area contributed by atoms with Gasteiger partial charge in [0.25, 0.3) is 0 Å². The van der Waals surface area contributed by atoms with Crippen molar-refractivity contribution in [2.45, 2.75) is 65.2 Å². The van der Waals surface area contributed by atoms with Crippen molar-refractivity contribution in [3.05, 3.63) is 41.2 Å². The van der Waals surface area contributed by atoms with Crippen LogP contribution < -0.4 is 4.74 Å². The minimum Gasteiger partial charge on any atom is -0.490 e. The molecule has 29 heavy (non-hydrogen) atoms. The van der Waals surface area contributed by atoms with Gasteiger partial charge in [-0.05, 0) is 66.5 Å². The zero-order valence-corrected chi connectivity index (χ0v) is 17.3. The molecule has 2 aliphatic rings. The molecule has 0 aliphatic heterocycles. The van der Waals surface area contributed by atoms with Crippen LogP contribution in [0, 0.1) is 36.2 Å². The van der Waals surface area contributed by atoms with Crippen LogP contribution in [0.15, 0.2) is 18.2 Å². The summed E-state index contributed by atoms with van der Waals surface area (Å²) in [5, 5.41) is 0. The van der Waals surface area contributed by atoms with E-state index in [0.29, 0.717) is 23.7 Å². The topological polar surface area (TPSA) is 9.23 Å². The molecule has 0 radical (unpaired) electrons. The van der Waals surface area contributed by atoms with E-state index in [2.05, 4.69) is 6.92 Å². The Morgan fingerprint density at radius 1 is 0.862 bits per heavy atom. The maximum absolute atomic E-state index is 15.0. The van der Waals surface area contributed by atoms with Gasteiger partial charge in [0.1, 0.15) is 0 Å². The van der Waals surface area contributed by atoms with Crippen LogP contribution in [0.5, 0.6) is 5.75 Å². The van der Waals surface area contributed by atoms with Crippen molar-refractivity contribution in [2.75, 3.05) is 6.61 Å². The monoisotopic (exact) mass is 402 g/mol. The molecule has 4 heteroatoms. The Bertz CT molecular complexity index is 898. The molecule has 0 aromatic heterocycles. The molecule has 4 rings (SSSR count). The Morgan fingerprint density at radius 3 is 2.28 bits per heavy atom. The zero-order chi connectivity index (χ0) is 20.5. The first-order valence-corrected chi connectivity index (χ1v) is 11.0. The van der Waals surface area contributed by atoms with Gasteiger partial charge < -0.3 is 4.74 Å². The van der Waals surface area contributed by atoms with E-state index in [-0.39, 0.29) is 22.4 Å². The number of halogens is 3. The van der Waals surface area contributed by atoms with Crippen molar-refractivity contribution in [1.82, 2.24) is 0 Å². The molecule has 0 bridgehead atoms. The average molecular weight is 403 g/mol. The van der Waals surface area contributed by atoms with Crippen LogP contribution in [0.3, 0.4) is 0 Å². The third kappa shape index (κ3) is 3.78. The second-order valence-corrected chi connectivity index (χ2v) is 8.74. The average Bonchev–Trinajstić information content (AvgIpc) is 2.71. The fourth-order valence-electron chi connectivity index (χ4n) is 4.86. The number of rotatable bonds is 7. The van der Waals surface area contributed by atoms with Gasteiger partial charge in [0.15, 0.2) is 23.2 Å². The highest BCUT2D eigenvalue weighted by Crippen LogP contribution is 2.52. The first kappa shape index (κ1) is 20.3. The van der Waals surface area contributed by atoms with Crippen LogP contribution in [0.25, 0.3) is 22.3 Å². The fraction of sp³-hybridized carbons (Fsp3) is 0.520. The number of unbranched alkanes of at least 4 members (excludes halogenated alkanes) is 2. The second kappa shape index (κ2) is 8.41. The van der Waals surface area contributed by atoms with Gasteiger partial charge in [-0.1, -0.05) is 45.4 Å². The van der Waals surface area contributed by atoms with E-state index in [1.54, 1.807) is 18.2 Å². The van der Waals surface area contributed by atoms with E-state index in [9.17, 15) is 13.2 Å². The van der Waals surface area contributed by atoms with Gasteiger partial charge in [-0.2, -0.15) is 0 Å².